The van der Waals surface area contributed by atoms with Gasteiger partial charge < -0.3 is 9.47 Å². The minimum absolute atomic E-state index is 0.0748. The number of methoxy groups -OCH3 is 1. The van der Waals surface area contributed by atoms with E-state index < -0.39 is 15.1 Å². The average Bonchev–Trinajstić information content (AvgIpc) is 2.51. The van der Waals surface area contributed by atoms with Crippen LogP contribution in [0.4, 0.5) is 25.2 Å². The first-order valence-corrected chi connectivity index (χ1v) is 14.1. The maximum atomic E-state index is 9.87. The van der Waals surface area contributed by atoms with E-state index in [4.69, 9.17) is 9.47 Å². The van der Waals surface area contributed by atoms with Gasteiger partial charge in [-0.2, -0.15) is 0 Å². The Morgan fingerprint density at radius 2 is 1.04 bits per heavy atom. The van der Waals surface area contributed by atoms with Gasteiger partial charge in [0.25, 0.3) is 0 Å². The van der Waals surface area contributed by atoms with Crippen LogP contribution in [0.5, 0.6) is 0 Å². The Balaban J connectivity index is 0. The molecule has 0 aliphatic heterocycles. The standard InChI is InChI=1S/C17H38O2P.F6P/c1-7-10-13-20(14-11-8-2,15-12-9-3)17(5)19-16(4)18-6;1-7(2,3,4,5)6/h16-17H,7-15H2,1-6H3;/q+1;-1. The Morgan fingerprint density at radius 3 is 1.26 bits per heavy atom. The molecule has 2 atom stereocenters. The molecular weight excluding hydrogens is 412 g/mol. The molecule has 0 fully saturated rings. The molecule has 2 nitrogen and oxygen atoms in total. The van der Waals surface area contributed by atoms with Crippen molar-refractivity contribution >= 4 is 15.1 Å². The third kappa shape index (κ3) is 20.9. The van der Waals surface area contributed by atoms with E-state index in [1.165, 1.54) is 57.0 Å². The maximum absolute atomic E-state index is 10.7. The summed E-state index contributed by atoms with van der Waals surface area (Å²) < 4.78 is 70.7. The first kappa shape index (κ1) is 29.6. The number of unbranched alkanes of at least 4 members (excludes halogenated alkanes) is 3. The van der Waals surface area contributed by atoms with E-state index in [0.29, 0.717) is 5.85 Å². The van der Waals surface area contributed by atoms with E-state index in [2.05, 4.69) is 27.7 Å². The topological polar surface area (TPSA) is 18.5 Å². The van der Waals surface area contributed by atoms with Crippen molar-refractivity contribution in [1.29, 1.82) is 0 Å². The molecule has 0 saturated carbocycles. The minimum atomic E-state index is -10.7. The van der Waals surface area contributed by atoms with Crippen molar-refractivity contribution in [3.8, 4) is 0 Å². The first-order valence-electron chi connectivity index (χ1n) is 9.61. The molecular formula is C17H38F6O2P2. The van der Waals surface area contributed by atoms with Crippen molar-refractivity contribution in [3.05, 3.63) is 0 Å². The van der Waals surface area contributed by atoms with E-state index in [1.54, 1.807) is 7.11 Å². The quantitative estimate of drug-likeness (QED) is 0.158. The molecule has 0 heterocycles. The van der Waals surface area contributed by atoms with Gasteiger partial charge >= 0.3 is 33.0 Å². The molecule has 2 unspecified atom stereocenters. The van der Waals surface area contributed by atoms with Crippen molar-refractivity contribution in [2.75, 3.05) is 25.6 Å². The molecule has 0 aliphatic rings. The zero-order valence-electron chi connectivity index (χ0n) is 17.5. The van der Waals surface area contributed by atoms with Crippen LogP contribution in [0.25, 0.3) is 0 Å². The Bertz CT molecular complexity index is 356. The third-order valence-electron chi connectivity index (χ3n) is 4.36. The fourth-order valence-electron chi connectivity index (χ4n) is 2.76. The van der Waals surface area contributed by atoms with Crippen LogP contribution in [0, 0.1) is 0 Å². The average molecular weight is 450 g/mol. The molecule has 0 rings (SSSR count). The fraction of sp³-hybridized carbons (Fsp3) is 1.00. The number of ether oxygens (including phenoxy) is 2. The van der Waals surface area contributed by atoms with Gasteiger partial charge in [-0.3, -0.25) is 0 Å². The monoisotopic (exact) mass is 450 g/mol. The Kier molecular flexibility index (Phi) is 12.6. The SMILES string of the molecule is CCCC[P+](CCCC)(CCCC)C(C)OC(C)OC.F[P-](F)(F)(F)(F)F. The molecule has 0 spiro atoms. The van der Waals surface area contributed by atoms with Gasteiger partial charge in [0.2, 0.25) is 0 Å². The van der Waals surface area contributed by atoms with Gasteiger partial charge in [0.1, 0.15) is 0 Å². The van der Waals surface area contributed by atoms with Gasteiger partial charge in [-0.05, 0) is 33.1 Å². The molecule has 0 aromatic rings. The van der Waals surface area contributed by atoms with Crippen molar-refractivity contribution in [3.63, 3.8) is 0 Å². The van der Waals surface area contributed by atoms with Gasteiger partial charge in [-0.1, -0.05) is 40.0 Å². The summed E-state index contributed by atoms with van der Waals surface area (Å²) in [5.41, 5.74) is 0. The molecule has 10 heteroatoms. The zero-order valence-corrected chi connectivity index (χ0v) is 19.3. The third-order valence-corrected chi connectivity index (χ3v) is 9.65. The van der Waals surface area contributed by atoms with E-state index in [0.717, 1.165) is 0 Å². The van der Waals surface area contributed by atoms with Crippen molar-refractivity contribution in [1.82, 2.24) is 0 Å². The van der Waals surface area contributed by atoms with Crippen LogP contribution in [0.1, 0.15) is 73.1 Å². The van der Waals surface area contributed by atoms with Gasteiger partial charge in [0.15, 0.2) is 12.1 Å². The predicted molar refractivity (Wildman–Crippen MR) is 107 cm³/mol. The number of hydrogen-bond donors (Lipinski definition) is 0. The summed E-state index contributed by atoms with van der Waals surface area (Å²) in [5.74, 6) is 0.391. The van der Waals surface area contributed by atoms with Crippen LogP contribution < -0.4 is 0 Å². The molecule has 0 N–H and O–H groups in total. The molecule has 170 valence electrons. The van der Waals surface area contributed by atoms with Crippen LogP contribution in [-0.4, -0.2) is 37.7 Å². The Hall–Kier alpha value is 0.360. The normalized spacial score (nSPS) is 17.3. The molecule has 0 bridgehead atoms. The number of hydrogen-bond acceptors (Lipinski definition) is 2. The summed E-state index contributed by atoms with van der Waals surface area (Å²) in [6, 6.07) is 0. The molecule has 0 aromatic carbocycles. The molecule has 0 aromatic heterocycles. The molecule has 27 heavy (non-hydrogen) atoms. The van der Waals surface area contributed by atoms with Crippen molar-refractivity contribution in [2.24, 2.45) is 0 Å². The molecule has 0 radical (unpaired) electrons. The summed E-state index contributed by atoms with van der Waals surface area (Å²) in [4.78, 5) is 0. The fourth-order valence-corrected chi connectivity index (χ4v) is 7.79. The van der Waals surface area contributed by atoms with Crippen molar-refractivity contribution in [2.45, 2.75) is 85.3 Å². The summed E-state index contributed by atoms with van der Waals surface area (Å²) in [6.07, 6.45) is 12.1. The summed E-state index contributed by atoms with van der Waals surface area (Å²) in [7, 11) is -9.93. The molecule has 0 aliphatic carbocycles. The van der Waals surface area contributed by atoms with Crippen molar-refractivity contribution < 1.29 is 34.7 Å². The van der Waals surface area contributed by atoms with E-state index in [-0.39, 0.29) is 6.29 Å². The zero-order chi connectivity index (χ0) is 21.8. The number of halogens is 6. The second-order valence-corrected chi connectivity index (χ2v) is 13.4. The van der Waals surface area contributed by atoms with Crippen LogP contribution in [0.15, 0.2) is 0 Å². The summed E-state index contributed by atoms with van der Waals surface area (Å²) in [5, 5.41) is 0. The van der Waals surface area contributed by atoms with Crippen LogP contribution in [0.3, 0.4) is 0 Å². The van der Waals surface area contributed by atoms with Gasteiger partial charge in [-0.25, -0.2) is 0 Å². The van der Waals surface area contributed by atoms with E-state index in [9.17, 15) is 25.2 Å². The second-order valence-electron chi connectivity index (χ2n) is 6.95. The number of rotatable bonds is 13. The Labute approximate surface area is 161 Å². The first-order chi connectivity index (χ1) is 12.0. The van der Waals surface area contributed by atoms with Gasteiger partial charge in [-0.15, -0.1) is 0 Å². The molecule has 0 amide bonds. The summed E-state index contributed by atoms with van der Waals surface area (Å²) in [6.45, 7) is 11.2. The second kappa shape index (κ2) is 11.5. The predicted octanol–water partition coefficient (Wildman–Crippen LogP) is 9.14. The van der Waals surface area contributed by atoms with Crippen LogP contribution >= 0.6 is 15.1 Å². The van der Waals surface area contributed by atoms with E-state index >= 15 is 0 Å². The van der Waals surface area contributed by atoms with Crippen LogP contribution in [0.2, 0.25) is 0 Å². The van der Waals surface area contributed by atoms with Crippen LogP contribution in [-0.2, 0) is 9.47 Å². The van der Waals surface area contributed by atoms with Gasteiger partial charge in [0, 0.05) is 14.4 Å². The van der Waals surface area contributed by atoms with E-state index in [1.807, 2.05) is 6.92 Å². The Morgan fingerprint density at radius 1 is 0.741 bits per heavy atom. The van der Waals surface area contributed by atoms with Gasteiger partial charge in [0.05, 0.1) is 18.5 Å². The summed E-state index contributed by atoms with van der Waals surface area (Å²) >= 11 is 0. The molecule has 0 saturated heterocycles.